The molecule has 0 saturated carbocycles. The number of rotatable bonds is 6. The van der Waals surface area contributed by atoms with Crippen molar-refractivity contribution in [3.8, 4) is 0 Å². The van der Waals surface area contributed by atoms with Gasteiger partial charge in [-0.1, -0.05) is 0 Å². The van der Waals surface area contributed by atoms with Crippen LogP contribution < -0.4 is 16.4 Å². The standard InChI is InChI=1S/C13H19N3O2/c1-10(17)15-11-5-7-12(8-6-11)16-13(18)4-2-3-9-14/h5-8H,2-4,9,14H2,1H3,(H,15,17)(H,16,18). The van der Waals surface area contributed by atoms with E-state index in [1.165, 1.54) is 6.92 Å². The van der Waals surface area contributed by atoms with E-state index in [0.29, 0.717) is 18.7 Å². The van der Waals surface area contributed by atoms with Gasteiger partial charge >= 0.3 is 0 Å². The number of carbonyl (C=O) groups is 2. The van der Waals surface area contributed by atoms with Crippen molar-refractivity contribution in [2.75, 3.05) is 17.2 Å². The monoisotopic (exact) mass is 249 g/mol. The van der Waals surface area contributed by atoms with Gasteiger partial charge in [0.05, 0.1) is 0 Å². The lowest BCUT2D eigenvalue weighted by Gasteiger charge is -2.06. The van der Waals surface area contributed by atoms with Gasteiger partial charge in [0.2, 0.25) is 11.8 Å². The third-order valence-electron chi connectivity index (χ3n) is 2.35. The van der Waals surface area contributed by atoms with Gasteiger partial charge in [0.25, 0.3) is 0 Å². The highest BCUT2D eigenvalue weighted by Crippen LogP contribution is 2.13. The van der Waals surface area contributed by atoms with Gasteiger partial charge in [-0.2, -0.15) is 0 Å². The number of amides is 2. The zero-order valence-corrected chi connectivity index (χ0v) is 10.5. The number of hydrogen-bond acceptors (Lipinski definition) is 3. The van der Waals surface area contributed by atoms with Gasteiger partial charge in [-0.3, -0.25) is 9.59 Å². The first kappa shape index (κ1) is 14.2. The summed E-state index contributed by atoms with van der Waals surface area (Å²) in [5, 5.41) is 5.45. The molecular formula is C13H19N3O2. The number of nitrogens with two attached hydrogens (primary N) is 1. The van der Waals surface area contributed by atoms with Gasteiger partial charge < -0.3 is 16.4 Å². The molecule has 0 aliphatic carbocycles. The molecule has 1 aromatic carbocycles. The summed E-state index contributed by atoms with van der Waals surface area (Å²) in [6.45, 7) is 2.06. The summed E-state index contributed by atoms with van der Waals surface area (Å²) in [6.07, 6.45) is 2.13. The SMILES string of the molecule is CC(=O)Nc1ccc(NC(=O)CCCCN)cc1. The molecule has 0 aliphatic rings. The van der Waals surface area contributed by atoms with Crippen LogP contribution in [0.5, 0.6) is 0 Å². The minimum atomic E-state index is -0.117. The molecule has 0 fully saturated rings. The molecule has 4 N–H and O–H groups in total. The highest BCUT2D eigenvalue weighted by molar-refractivity contribution is 5.92. The Morgan fingerprint density at radius 3 is 2.11 bits per heavy atom. The number of nitrogens with one attached hydrogen (secondary N) is 2. The fourth-order valence-electron chi connectivity index (χ4n) is 1.49. The Morgan fingerprint density at radius 1 is 1.06 bits per heavy atom. The highest BCUT2D eigenvalue weighted by Gasteiger charge is 2.02. The van der Waals surface area contributed by atoms with Crippen molar-refractivity contribution in [2.45, 2.75) is 26.2 Å². The lowest BCUT2D eigenvalue weighted by molar-refractivity contribution is -0.116. The highest BCUT2D eigenvalue weighted by atomic mass is 16.2. The molecule has 5 heteroatoms. The van der Waals surface area contributed by atoms with Crippen molar-refractivity contribution in [3.63, 3.8) is 0 Å². The van der Waals surface area contributed by atoms with E-state index >= 15 is 0 Å². The van der Waals surface area contributed by atoms with E-state index < -0.39 is 0 Å². The van der Waals surface area contributed by atoms with Gasteiger partial charge in [0.1, 0.15) is 0 Å². The number of hydrogen-bond donors (Lipinski definition) is 3. The second-order valence-corrected chi connectivity index (χ2v) is 4.05. The second kappa shape index (κ2) is 7.45. The lowest BCUT2D eigenvalue weighted by atomic mass is 10.2. The Balaban J connectivity index is 2.43. The van der Waals surface area contributed by atoms with Crippen LogP contribution in [0.15, 0.2) is 24.3 Å². The van der Waals surface area contributed by atoms with Crippen LogP contribution in [0.1, 0.15) is 26.2 Å². The number of anilines is 2. The average Bonchev–Trinajstić information content (AvgIpc) is 2.31. The molecule has 98 valence electrons. The zero-order valence-electron chi connectivity index (χ0n) is 10.5. The third-order valence-corrected chi connectivity index (χ3v) is 2.35. The van der Waals surface area contributed by atoms with Crippen molar-refractivity contribution in [1.29, 1.82) is 0 Å². The van der Waals surface area contributed by atoms with Crippen LogP contribution in [0.3, 0.4) is 0 Å². The zero-order chi connectivity index (χ0) is 13.4. The van der Waals surface area contributed by atoms with Crippen molar-refractivity contribution < 1.29 is 9.59 Å². The fraction of sp³-hybridized carbons (Fsp3) is 0.385. The Hall–Kier alpha value is -1.88. The molecule has 0 unspecified atom stereocenters. The minimum Gasteiger partial charge on any atom is -0.330 e. The Bertz CT molecular complexity index is 401. The molecule has 0 heterocycles. The molecule has 0 aromatic heterocycles. The minimum absolute atomic E-state index is 0.0178. The van der Waals surface area contributed by atoms with Gasteiger partial charge in [0, 0.05) is 24.7 Å². The van der Waals surface area contributed by atoms with Crippen LogP contribution in [0.2, 0.25) is 0 Å². The summed E-state index contributed by atoms with van der Waals surface area (Å²) < 4.78 is 0. The summed E-state index contributed by atoms with van der Waals surface area (Å²) in [5.41, 5.74) is 6.79. The van der Waals surface area contributed by atoms with Crippen LogP contribution in [0.25, 0.3) is 0 Å². The first-order valence-corrected chi connectivity index (χ1v) is 5.99. The number of unbranched alkanes of at least 4 members (excludes halogenated alkanes) is 1. The second-order valence-electron chi connectivity index (χ2n) is 4.05. The Labute approximate surface area is 107 Å². The summed E-state index contributed by atoms with van der Waals surface area (Å²) in [4.78, 5) is 22.4. The van der Waals surface area contributed by atoms with Crippen LogP contribution in [-0.4, -0.2) is 18.4 Å². The molecule has 1 rings (SSSR count). The molecule has 18 heavy (non-hydrogen) atoms. The Morgan fingerprint density at radius 2 is 1.61 bits per heavy atom. The predicted molar refractivity (Wildman–Crippen MR) is 72.3 cm³/mol. The normalized spacial score (nSPS) is 9.89. The molecule has 0 spiro atoms. The van der Waals surface area contributed by atoms with Crippen LogP contribution in [-0.2, 0) is 9.59 Å². The molecule has 0 radical (unpaired) electrons. The third kappa shape index (κ3) is 5.45. The van der Waals surface area contributed by atoms with Gasteiger partial charge in [-0.05, 0) is 43.7 Å². The molecule has 0 atom stereocenters. The summed E-state index contributed by atoms with van der Waals surface area (Å²) in [5.74, 6) is -0.135. The number of benzene rings is 1. The first-order valence-electron chi connectivity index (χ1n) is 5.99. The molecule has 0 bridgehead atoms. The maximum absolute atomic E-state index is 11.5. The summed E-state index contributed by atoms with van der Waals surface area (Å²) in [7, 11) is 0. The first-order chi connectivity index (χ1) is 8.61. The fourth-order valence-corrected chi connectivity index (χ4v) is 1.49. The quantitative estimate of drug-likeness (QED) is 0.671. The Kier molecular flexibility index (Phi) is 5.87. The van der Waals surface area contributed by atoms with Gasteiger partial charge in [-0.15, -0.1) is 0 Å². The molecule has 1 aromatic rings. The molecule has 2 amide bonds. The van der Waals surface area contributed by atoms with Crippen LogP contribution >= 0.6 is 0 Å². The van der Waals surface area contributed by atoms with Crippen molar-refractivity contribution in [1.82, 2.24) is 0 Å². The van der Waals surface area contributed by atoms with Gasteiger partial charge in [0.15, 0.2) is 0 Å². The van der Waals surface area contributed by atoms with Crippen LogP contribution in [0, 0.1) is 0 Å². The van der Waals surface area contributed by atoms with E-state index in [1.807, 2.05) is 0 Å². The van der Waals surface area contributed by atoms with E-state index in [-0.39, 0.29) is 11.8 Å². The molecule has 0 saturated heterocycles. The van der Waals surface area contributed by atoms with Crippen LogP contribution in [0.4, 0.5) is 11.4 Å². The molecular weight excluding hydrogens is 230 g/mol. The van der Waals surface area contributed by atoms with E-state index in [0.717, 1.165) is 18.5 Å². The maximum atomic E-state index is 11.5. The van der Waals surface area contributed by atoms with E-state index in [1.54, 1.807) is 24.3 Å². The largest absolute Gasteiger partial charge is 0.330 e. The van der Waals surface area contributed by atoms with E-state index in [4.69, 9.17) is 5.73 Å². The maximum Gasteiger partial charge on any atom is 0.224 e. The average molecular weight is 249 g/mol. The van der Waals surface area contributed by atoms with Gasteiger partial charge in [-0.25, -0.2) is 0 Å². The van der Waals surface area contributed by atoms with E-state index in [9.17, 15) is 9.59 Å². The summed E-state index contributed by atoms with van der Waals surface area (Å²) in [6, 6.07) is 7.01. The number of carbonyl (C=O) groups excluding carboxylic acids is 2. The van der Waals surface area contributed by atoms with Crippen molar-refractivity contribution in [3.05, 3.63) is 24.3 Å². The topological polar surface area (TPSA) is 84.2 Å². The van der Waals surface area contributed by atoms with Crippen molar-refractivity contribution >= 4 is 23.2 Å². The molecule has 5 nitrogen and oxygen atoms in total. The summed E-state index contributed by atoms with van der Waals surface area (Å²) >= 11 is 0. The lowest BCUT2D eigenvalue weighted by Crippen LogP contribution is -2.12. The predicted octanol–water partition coefficient (Wildman–Crippen LogP) is 1.71. The smallest absolute Gasteiger partial charge is 0.224 e. The molecule has 0 aliphatic heterocycles. The van der Waals surface area contributed by atoms with E-state index in [2.05, 4.69) is 10.6 Å². The van der Waals surface area contributed by atoms with Crippen molar-refractivity contribution in [2.24, 2.45) is 5.73 Å².